The molecule has 0 aromatic carbocycles. The van der Waals surface area contributed by atoms with E-state index in [4.69, 9.17) is 9.47 Å². The minimum atomic E-state index is 0.359. The number of morpholine rings is 1. The van der Waals surface area contributed by atoms with Gasteiger partial charge < -0.3 is 14.8 Å². The third-order valence-electron chi connectivity index (χ3n) is 3.84. The summed E-state index contributed by atoms with van der Waals surface area (Å²) in [5.41, 5.74) is 0. The first-order valence-corrected chi connectivity index (χ1v) is 7.38. The second-order valence-corrected chi connectivity index (χ2v) is 5.83. The second kappa shape index (κ2) is 6.85. The molecule has 0 spiro atoms. The van der Waals surface area contributed by atoms with Crippen LogP contribution in [0.1, 0.15) is 27.2 Å². The molecule has 0 bridgehead atoms. The molecule has 0 amide bonds. The minimum Gasteiger partial charge on any atom is -0.379 e. The molecule has 2 aliphatic heterocycles. The molecule has 2 fully saturated rings. The van der Waals surface area contributed by atoms with Crippen molar-refractivity contribution in [3.63, 3.8) is 0 Å². The number of ether oxygens (including phenoxy) is 2. The monoisotopic (exact) mass is 256 g/mol. The van der Waals surface area contributed by atoms with Crippen LogP contribution in [-0.4, -0.2) is 62.5 Å². The van der Waals surface area contributed by atoms with Gasteiger partial charge in [0.15, 0.2) is 0 Å². The lowest BCUT2D eigenvalue weighted by atomic mass is 10.0. The van der Waals surface area contributed by atoms with Crippen molar-refractivity contribution < 1.29 is 9.47 Å². The Morgan fingerprint density at radius 1 is 1.17 bits per heavy atom. The van der Waals surface area contributed by atoms with Crippen LogP contribution in [0, 0.1) is 5.92 Å². The molecule has 4 unspecified atom stereocenters. The van der Waals surface area contributed by atoms with Crippen LogP contribution in [0.2, 0.25) is 0 Å². The molecule has 0 aromatic heterocycles. The zero-order chi connectivity index (χ0) is 13.0. The Hall–Kier alpha value is -0.160. The van der Waals surface area contributed by atoms with Gasteiger partial charge in [-0.25, -0.2) is 0 Å². The fourth-order valence-corrected chi connectivity index (χ4v) is 3.10. The first kappa shape index (κ1) is 14.3. The standard InChI is InChI=1S/C14H28N2O2/c1-4-5-15-14-10-17-9-13(14)8-16-6-11(2)18-12(3)7-16/h11-15H,4-10H2,1-3H3. The molecule has 0 saturated carbocycles. The molecule has 18 heavy (non-hydrogen) atoms. The maximum absolute atomic E-state index is 5.78. The molecule has 2 aliphatic rings. The van der Waals surface area contributed by atoms with E-state index in [0.29, 0.717) is 24.2 Å². The van der Waals surface area contributed by atoms with Crippen molar-refractivity contribution in [2.45, 2.75) is 45.4 Å². The third kappa shape index (κ3) is 3.92. The van der Waals surface area contributed by atoms with E-state index in [9.17, 15) is 0 Å². The quantitative estimate of drug-likeness (QED) is 0.799. The van der Waals surface area contributed by atoms with E-state index >= 15 is 0 Å². The molecule has 0 aromatic rings. The van der Waals surface area contributed by atoms with Crippen LogP contribution in [0.25, 0.3) is 0 Å². The molecule has 4 heteroatoms. The smallest absolute Gasteiger partial charge is 0.0678 e. The van der Waals surface area contributed by atoms with Gasteiger partial charge in [0.05, 0.1) is 25.4 Å². The molecule has 2 rings (SSSR count). The van der Waals surface area contributed by atoms with Gasteiger partial charge in [0.25, 0.3) is 0 Å². The van der Waals surface area contributed by atoms with E-state index in [2.05, 4.69) is 31.0 Å². The molecule has 106 valence electrons. The fourth-order valence-electron chi connectivity index (χ4n) is 3.10. The van der Waals surface area contributed by atoms with Gasteiger partial charge in [-0.15, -0.1) is 0 Å². The topological polar surface area (TPSA) is 33.7 Å². The van der Waals surface area contributed by atoms with Gasteiger partial charge in [0.2, 0.25) is 0 Å². The summed E-state index contributed by atoms with van der Waals surface area (Å²) in [5, 5.41) is 3.61. The van der Waals surface area contributed by atoms with Crippen LogP contribution in [0.15, 0.2) is 0 Å². The number of nitrogens with zero attached hydrogens (tertiary/aromatic N) is 1. The van der Waals surface area contributed by atoms with Crippen LogP contribution in [0.3, 0.4) is 0 Å². The highest BCUT2D eigenvalue weighted by Gasteiger charge is 2.31. The van der Waals surface area contributed by atoms with Crippen LogP contribution in [-0.2, 0) is 9.47 Å². The lowest BCUT2D eigenvalue weighted by molar-refractivity contribution is -0.0720. The summed E-state index contributed by atoms with van der Waals surface area (Å²) >= 11 is 0. The van der Waals surface area contributed by atoms with Crippen LogP contribution >= 0.6 is 0 Å². The van der Waals surface area contributed by atoms with Crippen molar-refractivity contribution in [2.24, 2.45) is 5.92 Å². The van der Waals surface area contributed by atoms with E-state index in [1.54, 1.807) is 0 Å². The Bertz CT molecular complexity index is 240. The van der Waals surface area contributed by atoms with Crippen molar-refractivity contribution in [3.8, 4) is 0 Å². The van der Waals surface area contributed by atoms with Crippen molar-refractivity contribution in [1.29, 1.82) is 0 Å². The van der Waals surface area contributed by atoms with E-state index in [1.807, 2.05) is 0 Å². The zero-order valence-electron chi connectivity index (χ0n) is 12.0. The maximum atomic E-state index is 5.78. The molecule has 0 aliphatic carbocycles. The number of rotatable bonds is 5. The SMILES string of the molecule is CCCNC1COCC1CN1CC(C)OC(C)C1. The van der Waals surface area contributed by atoms with Crippen LogP contribution in [0.5, 0.6) is 0 Å². The highest BCUT2D eigenvalue weighted by molar-refractivity contribution is 4.85. The van der Waals surface area contributed by atoms with Gasteiger partial charge >= 0.3 is 0 Å². The van der Waals surface area contributed by atoms with Gasteiger partial charge in [-0.1, -0.05) is 6.92 Å². The fraction of sp³-hybridized carbons (Fsp3) is 1.00. The average Bonchev–Trinajstić information content (AvgIpc) is 2.72. The van der Waals surface area contributed by atoms with E-state index < -0.39 is 0 Å². The average molecular weight is 256 g/mol. The Morgan fingerprint density at radius 2 is 1.89 bits per heavy atom. The van der Waals surface area contributed by atoms with E-state index in [-0.39, 0.29) is 0 Å². The first-order chi connectivity index (χ1) is 8.69. The Morgan fingerprint density at radius 3 is 2.56 bits per heavy atom. The van der Waals surface area contributed by atoms with E-state index in [0.717, 1.165) is 39.4 Å². The van der Waals surface area contributed by atoms with Crippen molar-refractivity contribution in [2.75, 3.05) is 39.4 Å². The second-order valence-electron chi connectivity index (χ2n) is 5.83. The molecule has 4 nitrogen and oxygen atoms in total. The number of hydrogen-bond acceptors (Lipinski definition) is 4. The van der Waals surface area contributed by atoms with Gasteiger partial charge in [-0.05, 0) is 26.8 Å². The zero-order valence-corrected chi connectivity index (χ0v) is 12.0. The van der Waals surface area contributed by atoms with Crippen molar-refractivity contribution >= 4 is 0 Å². The summed E-state index contributed by atoms with van der Waals surface area (Å²) in [7, 11) is 0. The van der Waals surface area contributed by atoms with Gasteiger partial charge in [0.1, 0.15) is 0 Å². The third-order valence-corrected chi connectivity index (χ3v) is 3.84. The summed E-state index contributed by atoms with van der Waals surface area (Å²) in [6.45, 7) is 12.7. The van der Waals surface area contributed by atoms with Gasteiger partial charge in [0, 0.05) is 31.6 Å². The first-order valence-electron chi connectivity index (χ1n) is 7.38. The summed E-state index contributed by atoms with van der Waals surface area (Å²) in [5.74, 6) is 0.633. The van der Waals surface area contributed by atoms with Crippen LogP contribution in [0.4, 0.5) is 0 Å². The normalized spacial score (nSPS) is 38.2. The number of nitrogens with one attached hydrogen (secondary N) is 1. The minimum absolute atomic E-state index is 0.359. The van der Waals surface area contributed by atoms with Gasteiger partial charge in [-0.2, -0.15) is 0 Å². The summed E-state index contributed by atoms with van der Waals surface area (Å²) in [4.78, 5) is 2.54. The van der Waals surface area contributed by atoms with Crippen molar-refractivity contribution in [3.05, 3.63) is 0 Å². The highest BCUT2D eigenvalue weighted by atomic mass is 16.5. The largest absolute Gasteiger partial charge is 0.379 e. The Kier molecular flexibility index (Phi) is 5.42. The van der Waals surface area contributed by atoms with Crippen molar-refractivity contribution in [1.82, 2.24) is 10.2 Å². The number of hydrogen-bond donors (Lipinski definition) is 1. The highest BCUT2D eigenvalue weighted by Crippen LogP contribution is 2.18. The summed E-state index contributed by atoms with van der Waals surface area (Å²) in [6, 6.07) is 0.540. The van der Waals surface area contributed by atoms with E-state index in [1.165, 1.54) is 6.42 Å². The molecule has 2 heterocycles. The summed E-state index contributed by atoms with van der Waals surface area (Å²) < 4.78 is 11.4. The lowest BCUT2D eigenvalue weighted by Gasteiger charge is -2.37. The maximum Gasteiger partial charge on any atom is 0.0678 e. The molecular weight excluding hydrogens is 228 g/mol. The predicted octanol–water partition coefficient (Wildman–Crippen LogP) is 1.11. The Balaban J connectivity index is 1.80. The Labute approximate surface area is 111 Å². The van der Waals surface area contributed by atoms with Crippen LogP contribution < -0.4 is 5.32 Å². The molecule has 4 atom stereocenters. The lowest BCUT2D eigenvalue weighted by Crippen LogP contribution is -2.49. The van der Waals surface area contributed by atoms with Gasteiger partial charge in [-0.3, -0.25) is 4.90 Å². The molecule has 0 radical (unpaired) electrons. The predicted molar refractivity (Wildman–Crippen MR) is 72.8 cm³/mol. The summed E-state index contributed by atoms with van der Waals surface area (Å²) in [6.07, 6.45) is 1.91. The molecule has 1 N–H and O–H groups in total. The molecule has 2 saturated heterocycles. The molecular formula is C14H28N2O2.